The Balaban J connectivity index is 1.72. The van der Waals surface area contributed by atoms with Gasteiger partial charge in [0.15, 0.2) is 12.6 Å². The second-order valence-corrected chi connectivity index (χ2v) is 20.5. The smallest absolute Gasteiger partial charge is 0.306 e. The first-order chi connectivity index (χ1) is 35.1. The highest BCUT2D eigenvalue weighted by Gasteiger charge is 2.47. The molecule has 2 aliphatic rings. The van der Waals surface area contributed by atoms with E-state index < -0.39 is 80.7 Å². The Morgan fingerprint density at radius 2 is 0.861 bits per heavy atom. The van der Waals surface area contributed by atoms with Gasteiger partial charge in [-0.25, -0.2) is 0 Å². The molecule has 0 aromatic rings. The SMILES string of the molecule is CCCCC/C=C\C/C=C\C/C=C\CCCCCCCCCOCC(COC1OC(COC2OC(CO)C(O)C(O)C2O)C(O)C(O)C1O)OC(=O)CCCCCCCCCCCCCCCCCCCC. The molecule has 2 rings (SSSR count). The molecule has 2 saturated heterocycles. The molecule has 0 aromatic heterocycles. The third-order valence-electron chi connectivity index (χ3n) is 13.9. The summed E-state index contributed by atoms with van der Waals surface area (Å²) in [5.41, 5.74) is 0. The minimum absolute atomic E-state index is 0.0575. The fourth-order valence-electron chi connectivity index (χ4n) is 9.18. The number of unbranched alkanes of at least 4 members (excludes halogenated alkanes) is 27. The topological polar surface area (TPSA) is 214 Å². The summed E-state index contributed by atoms with van der Waals surface area (Å²) >= 11 is 0. The van der Waals surface area contributed by atoms with Crippen LogP contribution in [0.5, 0.6) is 0 Å². The van der Waals surface area contributed by atoms with Crippen molar-refractivity contribution in [1.82, 2.24) is 0 Å². The average molecular weight is 1030 g/mol. The van der Waals surface area contributed by atoms with Crippen LogP contribution in [0.3, 0.4) is 0 Å². The van der Waals surface area contributed by atoms with Crippen LogP contribution in [-0.4, -0.2) is 142 Å². The Labute approximate surface area is 436 Å². The zero-order chi connectivity index (χ0) is 52.3. The second kappa shape index (κ2) is 45.4. The van der Waals surface area contributed by atoms with Crippen LogP contribution in [0.2, 0.25) is 0 Å². The minimum Gasteiger partial charge on any atom is -0.457 e. The zero-order valence-electron chi connectivity index (χ0n) is 45.2. The van der Waals surface area contributed by atoms with E-state index in [0.717, 1.165) is 57.8 Å². The molecular formula is C58H106O14. The van der Waals surface area contributed by atoms with E-state index in [1.165, 1.54) is 141 Å². The molecule has 72 heavy (non-hydrogen) atoms. The maximum absolute atomic E-state index is 13.1. The lowest BCUT2D eigenvalue weighted by Crippen LogP contribution is -2.61. The van der Waals surface area contributed by atoms with Crippen LogP contribution in [0, 0.1) is 0 Å². The van der Waals surface area contributed by atoms with Crippen LogP contribution < -0.4 is 0 Å². The summed E-state index contributed by atoms with van der Waals surface area (Å²) in [7, 11) is 0. The van der Waals surface area contributed by atoms with Crippen LogP contribution in [0.25, 0.3) is 0 Å². The molecule has 0 radical (unpaired) electrons. The van der Waals surface area contributed by atoms with Crippen molar-refractivity contribution in [3.05, 3.63) is 36.5 Å². The summed E-state index contributed by atoms with van der Waals surface area (Å²) < 4.78 is 34.4. The monoisotopic (exact) mass is 1030 g/mol. The summed E-state index contributed by atoms with van der Waals surface area (Å²) in [5.74, 6) is -0.376. The van der Waals surface area contributed by atoms with Crippen molar-refractivity contribution in [3.63, 3.8) is 0 Å². The van der Waals surface area contributed by atoms with Gasteiger partial charge in [-0.15, -0.1) is 0 Å². The molecule has 14 heteroatoms. The van der Waals surface area contributed by atoms with Gasteiger partial charge in [0.25, 0.3) is 0 Å². The van der Waals surface area contributed by atoms with Crippen molar-refractivity contribution in [1.29, 1.82) is 0 Å². The van der Waals surface area contributed by atoms with Crippen LogP contribution >= 0.6 is 0 Å². The maximum atomic E-state index is 13.1. The number of rotatable bonds is 47. The largest absolute Gasteiger partial charge is 0.457 e. The van der Waals surface area contributed by atoms with E-state index in [4.69, 9.17) is 28.4 Å². The second-order valence-electron chi connectivity index (χ2n) is 20.5. The predicted octanol–water partition coefficient (Wildman–Crippen LogP) is 10.1. The summed E-state index contributed by atoms with van der Waals surface area (Å²) in [4.78, 5) is 13.1. The summed E-state index contributed by atoms with van der Waals surface area (Å²) in [6, 6.07) is 0. The number of allylic oxidation sites excluding steroid dienone is 6. The molecule has 0 amide bonds. The standard InChI is InChI=1S/C58H106O14/c1-3-5-7-9-11-13-15-17-19-21-23-24-26-28-30-32-34-36-38-40-42-67-44-47(70-50(60)41-39-37-35-33-31-29-27-25-22-20-18-16-14-12-10-8-6-4-2)45-68-57-56(66)54(64)52(62)49(72-57)46-69-58-55(65)53(63)51(61)48(43-59)71-58/h11,13,17,19,23-24,47-49,51-59,61-66H,3-10,12,14-16,18,20-22,25-46H2,1-2H3/b13-11-,19-17-,24-23-. The van der Waals surface area contributed by atoms with E-state index in [9.17, 15) is 40.5 Å². The third kappa shape index (κ3) is 31.9. The summed E-state index contributed by atoms with van der Waals surface area (Å²) in [6.07, 6.45) is 36.3. The Bertz CT molecular complexity index is 1330. The van der Waals surface area contributed by atoms with Gasteiger partial charge >= 0.3 is 5.97 Å². The van der Waals surface area contributed by atoms with Gasteiger partial charge in [0.1, 0.15) is 54.9 Å². The lowest BCUT2D eigenvalue weighted by atomic mass is 9.98. The number of hydrogen-bond donors (Lipinski definition) is 7. The van der Waals surface area contributed by atoms with Gasteiger partial charge in [0.05, 0.1) is 26.4 Å². The molecule has 0 saturated carbocycles. The third-order valence-corrected chi connectivity index (χ3v) is 13.9. The van der Waals surface area contributed by atoms with Crippen molar-refractivity contribution in [3.8, 4) is 0 Å². The molecule has 422 valence electrons. The number of ether oxygens (including phenoxy) is 6. The Morgan fingerprint density at radius 3 is 1.38 bits per heavy atom. The van der Waals surface area contributed by atoms with Crippen LogP contribution in [0.15, 0.2) is 36.5 Å². The maximum Gasteiger partial charge on any atom is 0.306 e. The normalized spacial score (nSPS) is 25.3. The quantitative estimate of drug-likeness (QED) is 0.0172. The van der Waals surface area contributed by atoms with Crippen molar-refractivity contribution >= 4 is 5.97 Å². The van der Waals surface area contributed by atoms with Gasteiger partial charge < -0.3 is 64.2 Å². The fraction of sp³-hybridized carbons (Fsp3) is 0.879. The molecular weight excluding hydrogens is 921 g/mol. The van der Waals surface area contributed by atoms with E-state index in [-0.39, 0.29) is 25.6 Å². The zero-order valence-corrected chi connectivity index (χ0v) is 45.2. The molecule has 14 nitrogen and oxygen atoms in total. The number of carbonyl (C=O) groups is 1. The average Bonchev–Trinajstić information content (AvgIpc) is 3.38. The minimum atomic E-state index is -1.71. The van der Waals surface area contributed by atoms with Gasteiger partial charge in [-0.3, -0.25) is 4.79 Å². The van der Waals surface area contributed by atoms with E-state index in [1.807, 2.05) is 0 Å². The molecule has 0 aliphatic carbocycles. The first-order valence-electron chi connectivity index (χ1n) is 29.1. The number of esters is 1. The van der Waals surface area contributed by atoms with Crippen molar-refractivity contribution in [2.75, 3.05) is 33.0 Å². The number of aliphatic hydroxyl groups excluding tert-OH is 7. The molecule has 0 spiro atoms. The van der Waals surface area contributed by atoms with Crippen LogP contribution in [-0.2, 0) is 33.2 Å². The molecule has 11 atom stereocenters. The number of hydrogen-bond acceptors (Lipinski definition) is 14. The number of carbonyl (C=O) groups excluding carboxylic acids is 1. The molecule has 0 bridgehead atoms. The van der Waals surface area contributed by atoms with Crippen molar-refractivity contribution < 1.29 is 69.0 Å². The summed E-state index contributed by atoms with van der Waals surface area (Å²) in [5, 5.41) is 72.3. The van der Waals surface area contributed by atoms with Crippen LogP contribution in [0.4, 0.5) is 0 Å². The van der Waals surface area contributed by atoms with Crippen LogP contribution in [0.1, 0.15) is 226 Å². The van der Waals surface area contributed by atoms with Gasteiger partial charge in [-0.2, -0.15) is 0 Å². The van der Waals surface area contributed by atoms with Gasteiger partial charge in [-0.05, 0) is 51.4 Å². The van der Waals surface area contributed by atoms with E-state index in [1.54, 1.807) is 0 Å². The van der Waals surface area contributed by atoms with E-state index in [2.05, 4.69) is 50.3 Å². The first kappa shape index (κ1) is 66.3. The molecule has 2 aliphatic heterocycles. The predicted molar refractivity (Wildman–Crippen MR) is 284 cm³/mol. The van der Waals surface area contributed by atoms with Gasteiger partial charge in [-0.1, -0.05) is 204 Å². The number of aliphatic hydroxyl groups is 7. The lowest BCUT2D eigenvalue weighted by Gasteiger charge is -2.42. The highest BCUT2D eigenvalue weighted by atomic mass is 16.7. The molecule has 2 heterocycles. The fourth-order valence-corrected chi connectivity index (χ4v) is 9.18. The highest BCUT2D eigenvalue weighted by molar-refractivity contribution is 5.69. The Hall–Kier alpha value is -1.79. The lowest BCUT2D eigenvalue weighted by molar-refractivity contribution is -0.332. The van der Waals surface area contributed by atoms with E-state index >= 15 is 0 Å². The van der Waals surface area contributed by atoms with Crippen molar-refractivity contribution in [2.24, 2.45) is 0 Å². The van der Waals surface area contributed by atoms with Crippen molar-refractivity contribution in [2.45, 2.75) is 293 Å². The highest BCUT2D eigenvalue weighted by Crippen LogP contribution is 2.27. The Kier molecular flexibility index (Phi) is 41.8. The van der Waals surface area contributed by atoms with Gasteiger partial charge in [0, 0.05) is 13.0 Å². The first-order valence-corrected chi connectivity index (χ1v) is 29.1. The molecule has 2 fully saturated rings. The summed E-state index contributed by atoms with van der Waals surface area (Å²) in [6.45, 7) is 3.67. The molecule has 7 N–H and O–H groups in total. The molecule has 11 unspecified atom stereocenters. The Morgan fingerprint density at radius 1 is 0.458 bits per heavy atom. The van der Waals surface area contributed by atoms with E-state index in [0.29, 0.717) is 13.0 Å². The van der Waals surface area contributed by atoms with Gasteiger partial charge in [0.2, 0.25) is 0 Å². The molecule has 0 aromatic carbocycles.